The number of carbonyl (C=O) groups excluding carboxylic acids is 1. The lowest BCUT2D eigenvalue weighted by atomic mass is 9.80. The second kappa shape index (κ2) is 6.39. The van der Waals surface area contributed by atoms with Crippen molar-refractivity contribution in [3.63, 3.8) is 0 Å². The van der Waals surface area contributed by atoms with Gasteiger partial charge in [-0.15, -0.1) is 11.3 Å². The Balaban J connectivity index is 1.67. The van der Waals surface area contributed by atoms with Crippen LogP contribution in [0.5, 0.6) is 0 Å². The van der Waals surface area contributed by atoms with E-state index in [1.54, 1.807) is 18.4 Å². The van der Waals surface area contributed by atoms with Crippen LogP contribution in [0, 0.1) is 0 Å². The third-order valence-electron chi connectivity index (χ3n) is 3.87. The lowest BCUT2D eigenvalue weighted by Crippen LogP contribution is -2.51. The lowest BCUT2D eigenvalue weighted by Gasteiger charge is -2.40. The summed E-state index contributed by atoms with van der Waals surface area (Å²) in [6.45, 7) is 3.38. The van der Waals surface area contributed by atoms with Gasteiger partial charge in [0.05, 0.1) is 5.60 Å². The van der Waals surface area contributed by atoms with Crippen molar-refractivity contribution in [2.45, 2.75) is 37.7 Å². The Hall–Kier alpha value is -1.07. The number of thiophene rings is 1. The summed E-state index contributed by atoms with van der Waals surface area (Å²) in [7, 11) is 1.72. The molecular weight excluding hydrogens is 260 g/mol. The van der Waals surface area contributed by atoms with Gasteiger partial charge >= 0.3 is 6.03 Å². The summed E-state index contributed by atoms with van der Waals surface area (Å²) in [6.07, 6.45) is 3.26. The third kappa shape index (κ3) is 3.70. The summed E-state index contributed by atoms with van der Waals surface area (Å²) < 4.78 is 5.47. The van der Waals surface area contributed by atoms with Crippen molar-refractivity contribution in [1.29, 1.82) is 0 Å². The number of urea groups is 1. The minimum absolute atomic E-state index is 0.105. The molecule has 0 aliphatic heterocycles. The molecule has 1 aromatic heterocycles. The van der Waals surface area contributed by atoms with E-state index < -0.39 is 0 Å². The molecule has 1 aliphatic carbocycles. The highest BCUT2D eigenvalue weighted by Gasteiger charge is 2.37. The molecule has 19 heavy (non-hydrogen) atoms. The van der Waals surface area contributed by atoms with Crippen molar-refractivity contribution in [2.75, 3.05) is 20.2 Å². The smallest absolute Gasteiger partial charge is 0.314 e. The van der Waals surface area contributed by atoms with Crippen LogP contribution in [0.4, 0.5) is 4.79 Å². The summed E-state index contributed by atoms with van der Waals surface area (Å²) in [4.78, 5) is 13.0. The molecule has 0 aromatic carbocycles. The largest absolute Gasteiger partial charge is 0.376 e. The van der Waals surface area contributed by atoms with Crippen molar-refractivity contribution < 1.29 is 9.53 Å². The van der Waals surface area contributed by atoms with Gasteiger partial charge in [0.25, 0.3) is 0 Å². The maximum Gasteiger partial charge on any atom is 0.314 e. The van der Waals surface area contributed by atoms with Crippen LogP contribution >= 0.6 is 11.3 Å². The second-order valence-electron chi connectivity index (χ2n) is 5.22. The van der Waals surface area contributed by atoms with Gasteiger partial charge in [-0.25, -0.2) is 4.79 Å². The fourth-order valence-corrected chi connectivity index (χ4v) is 3.03. The van der Waals surface area contributed by atoms with E-state index in [-0.39, 0.29) is 11.6 Å². The van der Waals surface area contributed by atoms with E-state index in [1.807, 2.05) is 6.07 Å². The zero-order valence-corrected chi connectivity index (χ0v) is 12.4. The topological polar surface area (TPSA) is 50.4 Å². The normalized spacial score (nSPS) is 18.4. The van der Waals surface area contributed by atoms with Gasteiger partial charge in [0, 0.05) is 31.0 Å². The van der Waals surface area contributed by atoms with E-state index in [9.17, 15) is 4.79 Å². The predicted octanol–water partition coefficient (Wildman–Crippen LogP) is 2.72. The second-order valence-corrected chi connectivity index (χ2v) is 6.20. The number of hydrogen-bond acceptors (Lipinski definition) is 3. The first-order chi connectivity index (χ1) is 9.15. The van der Waals surface area contributed by atoms with Crippen LogP contribution in [0.15, 0.2) is 17.5 Å². The Kier molecular flexibility index (Phi) is 4.82. The molecule has 0 saturated heterocycles. The van der Waals surface area contributed by atoms with Crippen LogP contribution < -0.4 is 10.6 Å². The zero-order valence-electron chi connectivity index (χ0n) is 11.6. The minimum Gasteiger partial charge on any atom is -0.376 e. The predicted molar refractivity (Wildman–Crippen MR) is 77.7 cm³/mol. The molecule has 1 unspecified atom stereocenters. The molecule has 106 valence electrons. The Morgan fingerprint density at radius 1 is 1.53 bits per heavy atom. The molecule has 1 aliphatic rings. The highest BCUT2D eigenvalue weighted by molar-refractivity contribution is 7.10. The standard InChI is InChI=1S/C14H22N2O2S/c1-11(12-5-3-8-19-12)9-15-13(17)16-10-14(18-2)6-4-7-14/h3,5,8,11H,4,6-7,9-10H2,1-2H3,(H2,15,16,17). The maximum absolute atomic E-state index is 11.7. The molecule has 4 nitrogen and oxygen atoms in total. The average molecular weight is 282 g/mol. The van der Waals surface area contributed by atoms with Crippen molar-refractivity contribution in [3.8, 4) is 0 Å². The number of methoxy groups -OCH3 is 1. The number of carbonyl (C=O) groups is 1. The first kappa shape index (κ1) is 14.3. The van der Waals surface area contributed by atoms with E-state index in [0.29, 0.717) is 19.0 Å². The van der Waals surface area contributed by atoms with Crippen molar-refractivity contribution in [1.82, 2.24) is 10.6 Å². The van der Waals surface area contributed by atoms with Crippen LogP contribution in [0.1, 0.15) is 37.0 Å². The average Bonchev–Trinajstić information content (AvgIpc) is 2.89. The Morgan fingerprint density at radius 2 is 2.32 bits per heavy atom. The van der Waals surface area contributed by atoms with Crippen LogP contribution in [0.25, 0.3) is 0 Å². The van der Waals surface area contributed by atoms with E-state index in [2.05, 4.69) is 29.0 Å². The van der Waals surface area contributed by atoms with Gasteiger partial charge in [-0.3, -0.25) is 0 Å². The monoisotopic (exact) mass is 282 g/mol. The van der Waals surface area contributed by atoms with Gasteiger partial charge in [0.15, 0.2) is 0 Å². The summed E-state index contributed by atoms with van der Waals surface area (Å²) >= 11 is 1.72. The van der Waals surface area contributed by atoms with Gasteiger partial charge < -0.3 is 15.4 Å². The van der Waals surface area contributed by atoms with E-state index >= 15 is 0 Å². The quantitative estimate of drug-likeness (QED) is 0.843. The highest BCUT2D eigenvalue weighted by Crippen LogP contribution is 2.34. The Morgan fingerprint density at radius 3 is 2.84 bits per heavy atom. The van der Waals surface area contributed by atoms with Crippen LogP contribution in [-0.4, -0.2) is 31.8 Å². The van der Waals surface area contributed by atoms with Crippen LogP contribution in [0.3, 0.4) is 0 Å². The molecule has 1 aromatic rings. The molecule has 0 radical (unpaired) electrons. The van der Waals surface area contributed by atoms with Crippen molar-refractivity contribution >= 4 is 17.4 Å². The number of rotatable bonds is 6. The first-order valence-corrected chi connectivity index (χ1v) is 7.63. The third-order valence-corrected chi connectivity index (χ3v) is 4.97. The molecule has 1 fully saturated rings. The fourth-order valence-electron chi connectivity index (χ4n) is 2.25. The zero-order chi connectivity index (χ0) is 13.7. The van der Waals surface area contributed by atoms with Crippen LogP contribution in [0.2, 0.25) is 0 Å². The summed E-state index contributed by atoms with van der Waals surface area (Å²) in [5.41, 5.74) is -0.114. The Bertz CT molecular complexity index is 396. The number of hydrogen-bond donors (Lipinski definition) is 2. The summed E-state index contributed by atoms with van der Waals surface area (Å²) in [5.74, 6) is 0.353. The maximum atomic E-state index is 11.7. The van der Waals surface area contributed by atoms with Crippen molar-refractivity contribution in [3.05, 3.63) is 22.4 Å². The van der Waals surface area contributed by atoms with Gasteiger partial charge in [-0.05, 0) is 30.7 Å². The molecule has 1 heterocycles. The van der Waals surface area contributed by atoms with Gasteiger partial charge in [-0.2, -0.15) is 0 Å². The van der Waals surface area contributed by atoms with Crippen LogP contribution in [-0.2, 0) is 4.74 Å². The molecule has 0 spiro atoms. The number of amides is 2. The SMILES string of the molecule is COC1(CNC(=O)NCC(C)c2cccs2)CCC1. The Labute approximate surface area is 118 Å². The number of nitrogens with one attached hydrogen (secondary N) is 2. The molecule has 2 amide bonds. The summed E-state index contributed by atoms with van der Waals surface area (Å²) in [6, 6.07) is 4.03. The van der Waals surface area contributed by atoms with E-state index in [1.165, 1.54) is 11.3 Å². The molecule has 5 heteroatoms. The highest BCUT2D eigenvalue weighted by atomic mass is 32.1. The van der Waals surface area contributed by atoms with Crippen molar-refractivity contribution in [2.24, 2.45) is 0 Å². The fraction of sp³-hybridized carbons (Fsp3) is 0.643. The molecule has 1 atom stereocenters. The van der Waals surface area contributed by atoms with Gasteiger partial charge in [0.1, 0.15) is 0 Å². The number of ether oxygens (including phenoxy) is 1. The molecule has 2 N–H and O–H groups in total. The first-order valence-electron chi connectivity index (χ1n) is 6.75. The van der Waals surface area contributed by atoms with Gasteiger partial charge in [0.2, 0.25) is 0 Å². The summed E-state index contributed by atoms with van der Waals surface area (Å²) in [5, 5.41) is 7.88. The molecular formula is C14H22N2O2S. The molecule has 2 rings (SSSR count). The van der Waals surface area contributed by atoms with Gasteiger partial charge in [-0.1, -0.05) is 13.0 Å². The molecule has 1 saturated carbocycles. The van der Waals surface area contributed by atoms with E-state index in [0.717, 1.165) is 12.8 Å². The molecule has 0 bridgehead atoms. The van der Waals surface area contributed by atoms with E-state index in [4.69, 9.17) is 4.74 Å². The lowest BCUT2D eigenvalue weighted by molar-refractivity contribution is -0.0673. The minimum atomic E-state index is -0.114.